The number of halogens is 3. The highest BCUT2D eigenvalue weighted by atomic mass is 35.5. The van der Waals surface area contributed by atoms with Gasteiger partial charge in [-0.15, -0.1) is 0 Å². The first kappa shape index (κ1) is 12.9. The minimum Gasteiger partial charge on any atom is -0.481 e. The van der Waals surface area contributed by atoms with Crippen LogP contribution in [-0.2, 0) is 10.7 Å². The second-order valence-electron chi connectivity index (χ2n) is 3.46. The molecule has 0 aliphatic heterocycles. The zero-order valence-electron chi connectivity index (χ0n) is 8.42. The Labute approximate surface area is 96.8 Å². The van der Waals surface area contributed by atoms with Crippen LogP contribution in [0.4, 0.5) is 8.78 Å². The summed E-state index contributed by atoms with van der Waals surface area (Å²) in [5, 5.41) is 8.75. The van der Waals surface area contributed by atoms with Gasteiger partial charge in [0.05, 0.1) is 0 Å². The van der Waals surface area contributed by atoms with E-state index in [1.165, 1.54) is 24.3 Å². The van der Waals surface area contributed by atoms with Crippen LogP contribution in [0.15, 0.2) is 24.3 Å². The van der Waals surface area contributed by atoms with Crippen molar-refractivity contribution in [2.45, 2.75) is 25.2 Å². The maximum absolute atomic E-state index is 13.5. The second-order valence-corrected chi connectivity index (χ2v) is 3.90. The average molecular weight is 249 g/mol. The van der Waals surface area contributed by atoms with Gasteiger partial charge in [0.25, 0.3) is 5.92 Å². The third-order valence-electron chi connectivity index (χ3n) is 2.15. The molecule has 0 amide bonds. The number of carboxylic acid groups (broad SMARTS) is 1. The first-order chi connectivity index (χ1) is 7.42. The van der Waals surface area contributed by atoms with Crippen LogP contribution in [0, 0.1) is 0 Å². The smallest absolute Gasteiger partial charge is 0.303 e. The number of carboxylic acids is 1. The Morgan fingerprint density at radius 2 is 1.88 bits per heavy atom. The van der Waals surface area contributed by atoms with Gasteiger partial charge in [-0.1, -0.05) is 23.7 Å². The summed E-state index contributed by atoms with van der Waals surface area (Å²) < 4.78 is 27.0. The molecule has 88 valence electrons. The van der Waals surface area contributed by atoms with Crippen molar-refractivity contribution in [2.24, 2.45) is 0 Å². The molecule has 2 nitrogen and oxygen atoms in total. The highest BCUT2D eigenvalue weighted by Gasteiger charge is 2.30. The van der Waals surface area contributed by atoms with Crippen LogP contribution in [-0.4, -0.2) is 11.1 Å². The molecule has 1 aromatic rings. The number of rotatable bonds is 5. The fourth-order valence-corrected chi connectivity index (χ4v) is 1.43. The van der Waals surface area contributed by atoms with E-state index >= 15 is 0 Å². The van der Waals surface area contributed by atoms with E-state index in [0.717, 1.165) is 0 Å². The summed E-state index contributed by atoms with van der Waals surface area (Å²) in [6.45, 7) is 0. The van der Waals surface area contributed by atoms with Gasteiger partial charge in [0, 0.05) is 23.4 Å². The van der Waals surface area contributed by atoms with Gasteiger partial charge in [-0.3, -0.25) is 4.79 Å². The largest absolute Gasteiger partial charge is 0.481 e. The lowest BCUT2D eigenvalue weighted by Crippen LogP contribution is -2.13. The molecule has 0 saturated carbocycles. The maximum atomic E-state index is 13.5. The van der Waals surface area contributed by atoms with Crippen LogP contribution in [0.25, 0.3) is 0 Å². The summed E-state index contributed by atoms with van der Waals surface area (Å²) in [5.41, 5.74) is -0.137. The van der Waals surface area contributed by atoms with E-state index in [4.69, 9.17) is 16.7 Å². The third kappa shape index (κ3) is 3.77. The molecule has 0 spiro atoms. The van der Waals surface area contributed by atoms with Crippen LogP contribution >= 0.6 is 11.6 Å². The summed E-state index contributed by atoms with van der Waals surface area (Å²) in [5.74, 6) is -4.06. The Hall–Kier alpha value is -1.16. The molecule has 1 N–H and O–H groups in total. The van der Waals surface area contributed by atoms with Crippen molar-refractivity contribution in [1.82, 2.24) is 0 Å². The summed E-state index contributed by atoms with van der Waals surface area (Å²) in [7, 11) is 0. The van der Waals surface area contributed by atoms with Gasteiger partial charge in [0.15, 0.2) is 0 Å². The molecule has 0 unspecified atom stereocenters. The molecule has 1 aromatic carbocycles. The fraction of sp³-hybridized carbons (Fsp3) is 0.364. The highest BCUT2D eigenvalue weighted by molar-refractivity contribution is 6.30. The Morgan fingerprint density at radius 1 is 1.31 bits per heavy atom. The zero-order chi connectivity index (χ0) is 12.2. The molecule has 0 aliphatic rings. The van der Waals surface area contributed by atoms with E-state index in [1.54, 1.807) is 0 Å². The molecule has 5 heteroatoms. The van der Waals surface area contributed by atoms with Crippen LogP contribution in [0.5, 0.6) is 0 Å². The van der Waals surface area contributed by atoms with Crippen molar-refractivity contribution in [3.8, 4) is 0 Å². The van der Waals surface area contributed by atoms with Crippen LogP contribution in [0.3, 0.4) is 0 Å². The van der Waals surface area contributed by atoms with E-state index in [0.29, 0.717) is 5.02 Å². The summed E-state index contributed by atoms with van der Waals surface area (Å²) in [6.07, 6.45) is -0.769. The van der Waals surface area contributed by atoms with Crippen molar-refractivity contribution in [3.63, 3.8) is 0 Å². The molecular weight excluding hydrogens is 238 g/mol. The molecule has 1 rings (SSSR count). The Balaban J connectivity index is 2.62. The SMILES string of the molecule is O=C(O)CCCC(F)(F)c1ccc(Cl)cc1. The number of hydrogen-bond acceptors (Lipinski definition) is 1. The second kappa shape index (κ2) is 5.25. The van der Waals surface area contributed by atoms with Gasteiger partial charge in [0.1, 0.15) is 0 Å². The molecule has 0 bridgehead atoms. The van der Waals surface area contributed by atoms with Gasteiger partial charge >= 0.3 is 5.97 Å². The first-order valence-corrected chi connectivity index (χ1v) is 5.15. The highest BCUT2D eigenvalue weighted by Crippen LogP contribution is 2.33. The molecule has 0 aromatic heterocycles. The van der Waals surface area contributed by atoms with Gasteiger partial charge in [0.2, 0.25) is 0 Å². The summed E-state index contributed by atoms with van der Waals surface area (Å²) in [6, 6.07) is 5.29. The third-order valence-corrected chi connectivity index (χ3v) is 2.40. The zero-order valence-corrected chi connectivity index (χ0v) is 9.18. The topological polar surface area (TPSA) is 37.3 Å². The molecule has 0 fully saturated rings. The number of carbonyl (C=O) groups is 1. The quantitative estimate of drug-likeness (QED) is 0.863. The van der Waals surface area contributed by atoms with Crippen molar-refractivity contribution in [2.75, 3.05) is 0 Å². The van der Waals surface area contributed by atoms with Gasteiger partial charge < -0.3 is 5.11 Å². The lowest BCUT2D eigenvalue weighted by atomic mass is 10.0. The molecule has 0 radical (unpaired) electrons. The van der Waals surface area contributed by atoms with E-state index in [-0.39, 0.29) is 18.4 Å². The first-order valence-electron chi connectivity index (χ1n) is 4.77. The van der Waals surface area contributed by atoms with Crippen molar-refractivity contribution in [1.29, 1.82) is 0 Å². The number of alkyl halides is 2. The minimum atomic E-state index is -3.00. The molecule has 0 saturated heterocycles. The molecule has 0 atom stereocenters. The monoisotopic (exact) mass is 248 g/mol. The molecule has 0 heterocycles. The Kier molecular flexibility index (Phi) is 4.24. The maximum Gasteiger partial charge on any atom is 0.303 e. The Morgan fingerprint density at radius 3 is 2.38 bits per heavy atom. The normalized spacial score (nSPS) is 11.4. The van der Waals surface area contributed by atoms with Crippen molar-refractivity contribution in [3.05, 3.63) is 34.9 Å². The van der Waals surface area contributed by atoms with Gasteiger partial charge in [-0.2, -0.15) is 0 Å². The average Bonchev–Trinajstić information content (AvgIpc) is 2.17. The molecule has 0 aliphatic carbocycles. The lowest BCUT2D eigenvalue weighted by molar-refractivity contribution is -0.137. The Bertz CT molecular complexity index is 363. The summed E-state index contributed by atoms with van der Waals surface area (Å²) >= 11 is 5.59. The number of aliphatic carboxylic acids is 1. The predicted molar refractivity (Wildman–Crippen MR) is 56.8 cm³/mol. The van der Waals surface area contributed by atoms with Crippen LogP contribution in [0.2, 0.25) is 5.02 Å². The predicted octanol–water partition coefficient (Wildman–Crippen LogP) is 3.69. The van der Waals surface area contributed by atoms with Crippen LogP contribution < -0.4 is 0 Å². The van der Waals surface area contributed by atoms with E-state index in [2.05, 4.69) is 0 Å². The van der Waals surface area contributed by atoms with E-state index in [1.807, 2.05) is 0 Å². The number of hydrogen-bond donors (Lipinski definition) is 1. The van der Waals surface area contributed by atoms with Crippen molar-refractivity contribution < 1.29 is 18.7 Å². The molecule has 16 heavy (non-hydrogen) atoms. The van der Waals surface area contributed by atoms with Gasteiger partial charge in [-0.25, -0.2) is 8.78 Å². The van der Waals surface area contributed by atoms with E-state index < -0.39 is 18.3 Å². The van der Waals surface area contributed by atoms with Crippen molar-refractivity contribution >= 4 is 17.6 Å². The lowest BCUT2D eigenvalue weighted by Gasteiger charge is -2.16. The summed E-state index contributed by atoms with van der Waals surface area (Å²) in [4.78, 5) is 10.2. The minimum absolute atomic E-state index is 0.0506. The van der Waals surface area contributed by atoms with E-state index in [9.17, 15) is 13.6 Å². The fourth-order valence-electron chi connectivity index (χ4n) is 1.30. The molecular formula is C11H11ClF2O2. The standard InChI is InChI=1S/C11H11ClF2O2/c12-9-5-3-8(4-6-9)11(13,14)7-1-2-10(15)16/h3-6H,1-2,7H2,(H,15,16). The number of benzene rings is 1. The van der Waals surface area contributed by atoms with Crippen LogP contribution in [0.1, 0.15) is 24.8 Å². The van der Waals surface area contributed by atoms with Gasteiger partial charge in [-0.05, 0) is 18.6 Å².